The van der Waals surface area contributed by atoms with Crippen LogP contribution in [0.25, 0.3) is 0 Å². The van der Waals surface area contributed by atoms with Crippen LogP contribution in [0.1, 0.15) is 25.1 Å². The average Bonchev–Trinajstić information content (AvgIpc) is 3.06. The molecule has 0 bridgehead atoms. The van der Waals surface area contributed by atoms with Crippen molar-refractivity contribution in [2.24, 2.45) is 0 Å². The van der Waals surface area contributed by atoms with Crippen LogP contribution in [0.3, 0.4) is 0 Å². The molecule has 0 spiro atoms. The summed E-state index contributed by atoms with van der Waals surface area (Å²) in [7, 11) is -4.73. The molecule has 30 heavy (non-hydrogen) atoms. The first-order chi connectivity index (χ1) is 14.1. The number of phosphoric acid groups is 1. The van der Waals surface area contributed by atoms with Gasteiger partial charge in [0.05, 0.1) is 6.61 Å². The van der Waals surface area contributed by atoms with Gasteiger partial charge in [0.15, 0.2) is 0 Å². The monoisotopic (exact) mass is 443 g/mol. The van der Waals surface area contributed by atoms with Gasteiger partial charge < -0.3 is 19.3 Å². The van der Waals surface area contributed by atoms with Crippen LogP contribution in [0.15, 0.2) is 46.4 Å². The zero-order valence-electron chi connectivity index (χ0n) is 16.2. The molecule has 3 N–H and O–H groups in total. The van der Waals surface area contributed by atoms with Crippen LogP contribution in [-0.2, 0) is 23.4 Å². The molecule has 3 rings (SSSR count). The number of ether oxygens (including phenoxy) is 2. The molecule has 0 radical (unpaired) electrons. The third kappa shape index (κ3) is 7.32. The largest absolute Gasteiger partial charge is 0.469 e. The second kappa shape index (κ2) is 10.4. The maximum absolute atomic E-state index is 11.9. The highest BCUT2D eigenvalue weighted by molar-refractivity contribution is 7.46. The lowest BCUT2D eigenvalue weighted by molar-refractivity contribution is -0.150. The van der Waals surface area contributed by atoms with E-state index >= 15 is 0 Å². The topological polar surface area (TPSA) is 170 Å². The van der Waals surface area contributed by atoms with E-state index in [1.165, 1.54) is 20.0 Å². The molecule has 2 aromatic heterocycles. The summed E-state index contributed by atoms with van der Waals surface area (Å²) < 4.78 is 26.9. The van der Waals surface area contributed by atoms with Gasteiger partial charge in [-0.25, -0.2) is 9.36 Å². The van der Waals surface area contributed by atoms with Gasteiger partial charge in [0.2, 0.25) is 0 Å². The standard InChI is InChI=1S/C12H17N2O9P.C5H5N/c1-6-4-14(12(17)13-11(6)16)10-3-8(22-7(2)15)9(23-10)5-21-24(18,19)20;1-2-4-6-5-3-1/h4,8-10H,3,5H2,1-2H3,(H,13,16,17)(H2,18,19,20);1-5H/t8-,9+,10+;/m0./s1. The molecule has 1 saturated heterocycles. The lowest BCUT2D eigenvalue weighted by atomic mass is 10.2. The number of nitrogens with one attached hydrogen (secondary N) is 1. The van der Waals surface area contributed by atoms with Crippen molar-refractivity contribution in [1.29, 1.82) is 0 Å². The Morgan fingerprint density at radius 3 is 2.50 bits per heavy atom. The lowest BCUT2D eigenvalue weighted by Gasteiger charge is -2.18. The van der Waals surface area contributed by atoms with E-state index in [0.717, 1.165) is 4.57 Å². The predicted molar refractivity (Wildman–Crippen MR) is 102 cm³/mol. The van der Waals surface area contributed by atoms with Crippen molar-refractivity contribution in [3.63, 3.8) is 0 Å². The Hall–Kier alpha value is -2.63. The summed E-state index contributed by atoms with van der Waals surface area (Å²) in [4.78, 5) is 57.9. The zero-order chi connectivity index (χ0) is 22.3. The molecular formula is C17H22N3O9P. The van der Waals surface area contributed by atoms with Crippen LogP contribution in [-0.4, -0.2) is 49.1 Å². The lowest BCUT2D eigenvalue weighted by Crippen LogP contribution is -2.33. The molecule has 12 nitrogen and oxygen atoms in total. The van der Waals surface area contributed by atoms with Crippen molar-refractivity contribution in [3.8, 4) is 0 Å². The first-order valence-corrected chi connectivity index (χ1v) is 10.3. The van der Waals surface area contributed by atoms with Gasteiger partial charge in [-0.1, -0.05) is 6.07 Å². The SMILES string of the molecule is CC(=O)O[C@H]1C[C@H](n2cc(C)c(=O)[nH]c2=O)O[C@@H]1COP(=O)(O)O.c1ccncc1. The highest BCUT2D eigenvalue weighted by atomic mass is 31.2. The number of aromatic nitrogens is 3. The number of H-pyrrole nitrogens is 1. The molecule has 0 aromatic carbocycles. The number of carbonyl (C=O) groups is 1. The fourth-order valence-electron chi connectivity index (χ4n) is 2.64. The summed E-state index contributed by atoms with van der Waals surface area (Å²) in [5.41, 5.74) is -0.974. The van der Waals surface area contributed by atoms with E-state index in [1.54, 1.807) is 12.4 Å². The Bertz CT molecular complexity index is 975. The van der Waals surface area contributed by atoms with Crippen LogP contribution >= 0.6 is 7.82 Å². The average molecular weight is 443 g/mol. The van der Waals surface area contributed by atoms with Crippen molar-refractivity contribution in [3.05, 3.63) is 63.2 Å². The number of aryl methyl sites for hydroxylation is 1. The summed E-state index contributed by atoms with van der Waals surface area (Å²) in [6.45, 7) is 2.14. The number of rotatable bonds is 5. The number of carbonyl (C=O) groups excluding carboxylic acids is 1. The fourth-order valence-corrected chi connectivity index (χ4v) is 2.98. The summed E-state index contributed by atoms with van der Waals surface area (Å²) in [6, 6.07) is 5.72. The molecule has 1 aliphatic rings. The first-order valence-electron chi connectivity index (χ1n) is 8.76. The highest BCUT2D eigenvalue weighted by Gasteiger charge is 2.40. The Labute approximate surface area is 170 Å². The number of hydrogen-bond donors (Lipinski definition) is 3. The molecule has 0 saturated carbocycles. The highest BCUT2D eigenvalue weighted by Crippen LogP contribution is 2.38. The molecular weight excluding hydrogens is 421 g/mol. The second-order valence-corrected chi connectivity index (χ2v) is 7.54. The van der Waals surface area contributed by atoms with Crippen molar-refractivity contribution >= 4 is 13.8 Å². The molecule has 164 valence electrons. The molecule has 1 fully saturated rings. The van der Waals surface area contributed by atoms with Crippen LogP contribution in [0.4, 0.5) is 0 Å². The minimum atomic E-state index is -4.73. The summed E-state index contributed by atoms with van der Waals surface area (Å²) >= 11 is 0. The molecule has 0 aliphatic carbocycles. The minimum Gasteiger partial charge on any atom is -0.460 e. The fraction of sp³-hybridized carbons (Fsp3) is 0.412. The number of pyridine rings is 1. The summed E-state index contributed by atoms with van der Waals surface area (Å²) in [5, 5.41) is 0. The number of nitrogens with zero attached hydrogens (tertiary/aromatic N) is 2. The van der Waals surface area contributed by atoms with Crippen LogP contribution in [0.2, 0.25) is 0 Å². The Morgan fingerprint density at radius 1 is 1.33 bits per heavy atom. The zero-order valence-corrected chi connectivity index (χ0v) is 17.1. The number of esters is 1. The van der Waals surface area contributed by atoms with Crippen molar-refractivity contribution in [2.45, 2.75) is 38.7 Å². The van der Waals surface area contributed by atoms with E-state index in [0.29, 0.717) is 0 Å². The van der Waals surface area contributed by atoms with Gasteiger partial charge in [-0.05, 0) is 19.1 Å². The quantitative estimate of drug-likeness (QED) is 0.430. The smallest absolute Gasteiger partial charge is 0.460 e. The van der Waals surface area contributed by atoms with Gasteiger partial charge in [0.1, 0.15) is 18.4 Å². The van der Waals surface area contributed by atoms with E-state index in [9.17, 15) is 18.9 Å². The molecule has 2 aromatic rings. The maximum atomic E-state index is 11.9. The second-order valence-electron chi connectivity index (χ2n) is 6.30. The summed E-state index contributed by atoms with van der Waals surface area (Å²) in [5.74, 6) is -0.615. The normalized spacial score (nSPS) is 20.9. The number of phosphoric ester groups is 1. The predicted octanol–water partition coefficient (Wildman–Crippen LogP) is 0.255. The van der Waals surface area contributed by atoms with E-state index in [2.05, 4.69) is 14.5 Å². The van der Waals surface area contributed by atoms with Gasteiger partial charge in [-0.3, -0.25) is 28.6 Å². The van der Waals surface area contributed by atoms with Crippen LogP contribution in [0, 0.1) is 6.92 Å². The molecule has 3 atom stereocenters. The Morgan fingerprint density at radius 2 is 2.00 bits per heavy atom. The van der Waals surface area contributed by atoms with Gasteiger partial charge in [0, 0.05) is 37.5 Å². The molecule has 0 unspecified atom stereocenters. The first kappa shape index (κ1) is 23.6. The third-order valence-electron chi connectivity index (χ3n) is 3.93. The van der Waals surface area contributed by atoms with E-state index < -0.39 is 50.1 Å². The molecule has 13 heteroatoms. The van der Waals surface area contributed by atoms with Gasteiger partial charge in [0.25, 0.3) is 5.56 Å². The van der Waals surface area contributed by atoms with Crippen molar-refractivity contribution in [1.82, 2.24) is 14.5 Å². The van der Waals surface area contributed by atoms with Crippen LogP contribution in [0.5, 0.6) is 0 Å². The van der Waals surface area contributed by atoms with Gasteiger partial charge in [-0.2, -0.15) is 0 Å². The molecule has 3 heterocycles. The van der Waals surface area contributed by atoms with Crippen molar-refractivity contribution in [2.75, 3.05) is 6.61 Å². The van der Waals surface area contributed by atoms with Crippen LogP contribution < -0.4 is 11.2 Å². The van der Waals surface area contributed by atoms with Crippen molar-refractivity contribution < 1.29 is 33.1 Å². The van der Waals surface area contributed by atoms with Gasteiger partial charge in [-0.15, -0.1) is 0 Å². The van der Waals surface area contributed by atoms with Gasteiger partial charge >= 0.3 is 19.5 Å². The Balaban J connectivity index is 0.000000456. The maximum Gasteiger partial charge on any atom is 0.469 e. The number of aromatic amines is 1. The third-order valence-corrected chi connectivity index (χ3v) is 4.41. The van der Waals surface area contributed by atoms with E-state index in [-0.39, 0.29) is 12.0 Å². The van der Waals surface area contributed by atoms with E-state index in [1.807, 2.05) is 18.2 Å². The van der Waals surface area contributed by atoms with E-state index in [4.69, 9.17) is 19.3 Å². The summed E-state index contributed by atoms with van der Waals surface area (Å²) in [6.07, 6.45) is 2.12. The minimum absolute atomic E-state index is 0.0557. The molecule has 0 amide bonds. The molecule has 1 aliphatic heterocycles. The Kier molecular flexibility index (Phi) is 8.21. The number of hydrogen-bond acceptors (Lipinski definition) is 8.